The van der Waals surface area contributed by atoms with Crippen LogP contribution in [0.3, 0.4) is 0 Å². The van der Waals surface area contributed by atoms with E-state index in [2.05, 4.69) is 19.4 Å². The Balaban J connectivity index is 0.000000196. The standard InChI is InChI=1S/2C20H16ClF4N3O3S2/c21-16-11-13(1-6-17(16)22)18-12-32-19(26-18)27-7-9-28(10-8-27)33(29,30)15-4-2-14(3-5-15)31-20(23,24)25;21-14-9-13(10-15(22)11-14)18-12-32-19(26-18)27-5-7-28(8-6-27)33(29,30)17-3-1-16(2-4-17)31-20(23,24)25/h1-6,11-12H,7-10H2;1-4,9-12H,5-8H2. The number of hydrogen-bond acceptors (Lipinski definition) is 12. The number of anilines is 2. The number of rotatable bonds is 10. The zero-order valence-corrected chi connectivity index (χ0v) is 38.2. The molecule has 2 aromatic heterocycles. The molecular weight excluding hydrogens is 1010 g/mol. The largest absolute Gasteiger partial charge is 0.573 e. The van der Waals surface area contributed by atoms with Gasteiger partial charge in [-0.15, -0.1) is 49.0 Å². The lowest BCUT2D eigenvalue weighted by molar-refractivity contribution is -0.275. The highest BCUT2D eigenvalue weighted by atomic mass is 35.5. The fourth-order valence-electron chi connectivity index (χ4n) is 6.61. The van der Waals surface area contributed by atoms with E-state index in [0.29, 0.717) is 59.0 Å². The maximum absolute atomic E-state index is 13.6. The van der Waals surface area contributed by atoms with Crippen molar-refractivity contribution in [1.29, 1.82) is 0 Å². The van der Waals surface area contributed by atoms with Gasteiger partial charge in [0.05, 0.1) is 26.2 Å². The van der Waals surface area contributed by atoms with Crippen LogP contribution in [0.15, 0.2) is 105 Å². The molecule has 0 spiro atoms. The fourth-order valence-corrected chi connectivity index (χ4v) is 11.6. The van der Waals surface area contributed by atoms with E-state index < -0.39 is 55.9 Å². The van der Waals surface area contributed by atoms with Crippen molar-refractivity contribution in [2.75, 3.05) is 62.2 Å². The lowest BCUT2D eigenvalue weighted by Crippen LogP contribution is -2.48. The summed E-state index contributed by atoms with van der Waals surface area (Å²) in [5, 5.41) is 5.20. The highest BCUT2D eigenvalue weighted by Crippen LogP contribution is 2.34. The van der Waals surface area contributed by atoms with Crippen LogP contribution in [0.4, 0.5) is 45.4 Å². The lowest BCUT2D eigenvalue weighted by Gasteiger charge is -2.33. The van der Waals surface area contributed by atoms with Crippen LogP contribution >= 0.6 is 45.9 Å². The number of halogens is 10. The Kier molecular flexibility index (Phi) is 14.7. The van der Waals surface area contributed by atoms with Crippen LogP contribution in [0.25, 0.3) is 22.5 Å². The molecule has 12 nitrogen and oxygen atoms in total. The Morgan fingerprint density at radius 2 is 0.970 bits per heavy atom. The molecule has 8 rings (SSSR count). The predicted octanol–water partition coefficient (Wildman–Crippen LogP) is 10.0. The molecule has 4 aromatic carbocycles. The van der Waals surface area contributed by atoms with E-state index in [0.717, 1.165) is 48.5 Å². The summed E-state index contributed by atoms with van der Waals surface area (Å²) in [5.41, 5.74) is 2.41. The zero-order chi connectivity index (χ0) is 47.6. The van der Waals surface area contributed by atoms with Crippen LogP contribution in [0.1, 0.15) is 0 Å². The summed E-state index contributed by atoms with van der Waals surface area (Å²) < 4.78 is 162. The first-order chi connectivity index (χ1) is 31.0. The van der Waals surface area contributed by atoms with Gasteiger partial charge in [-0.2, -0.15) is 8.61 Å². The number of piperazine rings is 2. The van der Waals surface area contributed by atoms with Crippen molar-refractivity contribution < 1.29 is 61.4 Å². The average Bonchev–Trinajstić information content (AvgIpc) is 3.96. The van der Waals surface area contributed by atoms with E-state index in [-0.39, 0.29) is 46.0 Å². The van der Waals surface area contributed by atoms with Crippen molar-refractivity contribution in [2.45, 2.75) is 22.5 Å². The third-order valence-corrected chi connectivity index (χ3v) is 15.9. The first-order valence-corrected chi connectivity index (χ1v) is 24.5. The van der Waals surface area contributed by atoms with Crippen LogP contribution in [-0.2, 0) is 20.0 Å². The van der Waals surface area contributed by atoms with E-state index in [9.17, 15) is 52.0 Å². The SMILES string of the molecule is O=S(=O)(c1ccc(OC(F)(F)F)cc1)N1CCN(c2nc(-c3cc(F)cc(Cl)c3)cs2)CC1.O=S(=O)(c1ccc(OC(F)(F)F)cc1)N1CCN(c2nc(-c3ccc(F)c(Cl)c3)cs2)CC1. The summed E-state index contributed by atoms with van der Waals surface area (Å²) >= 11 is 14.5. The number of hydrogen-bond donors (Lipinski definition) is 0. The first-order valence-electron chi connectivity index (χ1n) is 19.1. The second-order valence-corrected chi connectivity index (χ2v) is 20.5. The molecule has 2 aliphatic heterocycles. The third kappa shape index (κ3) is 12.2. The molecule has 0 N–H and O–H groups in total. The van der Waals surface area contributed by atoms with Crippen LogP contribution in [0.5, 0.6) is 11.5 Å². The van der Waals surface area contributed by atoms with Gasteiger partial charge < -0.3 is 19.3 Å². The Bertz CT molecular complexity index is 2850. The third-order valence-electron chi connectivity index (χ3n) is 9.77. The molecule has 352 valence electrons. The Hall–Kier alpha value is -4.82. The van der Waals surface area contributed by atoms with Gasteiger partial charge in [0, 0.05) is 79.3 Å². The first kappa shape index (κ1) is 49.1. The molecule has 0 radical (unpaired) electrons. The molecule has 0 saturated carbocycles. The summed E-state index contributed by atoms with van der Waals surface area (Å²) in [6.07, 6.45) is -9.71. The summed E-state index contributed by atoms with van der Waals surface area (Å²) in [6.45, 7) is 2.20. The van der Waals surface area contributed by atoms with Crippen molar-refractivity contribution in [2.24, 2.45) is 0 Å². The number of ether oxygens (including phenoxy) is 2. The zero-order valence-electron chi connectivity index (χ0n) is 33.4. The van der Waals surface area contributed by atoms with Crippen LogP contribution in [0.2, 0.25) is 10.0 Å². The molecule has 0 atom stereocenters. The Morgan fingerprint density at radius 1 is 0.545 bits per heavy atom. The van der Waals surface area contributed by atoms with Gasteiger partial charge in [0.15, 0.2) is 10.3 Å². The molecule has 66 heavy (non-hydrogen) atoms. The summed E-state index contributed by atoms with van der Waals surface area (Å²) in [4.78, 5) is 12.7. The normalized spacial score (nSPS) is 15.6. The smallest absolute Gasteiger partial charge is 0.406 e. The average molecular weight is 1040 g/mol. The summed E-state index contributed by atoms with van der Waals surface area (Å²) in [5.74, 6) is -1.97. The van der Waals surface area contributed by atoms with Crippen molar-refractivity contribution in [1.82, 2.24) is 18.6 Å². The molecule has 0 bridgehead atoms. The van der Waals surface area contributed by atoms with Gasteiger partial charge in [0.2, 0.25) is 20.0 Å². The van der Waals surface area contributed by atoms with E-state index in [1.54, 1.807) is 17.5 Å². The summed E-state index contributed by atoms with van der Waals surface area (Å²) in [7, 11) is -7.75. The van der Waals surface area contributed by atoms with Gasteiger partial charge in [-0.3, -0.25) is 0 Å². The molecule has 0 amide bonds. The van der Waals surface area contributed by atoms with Crippen LogP contribution in [0, 0.1) is 11.6 Å². The molecule has 2 fully saturated rings. The van der Waals surface area contributed by atoms with Crippen LogP contribution in [-0.4, -0.2) is 100 Å². The molecular formula is C40H32Cl2F8N6O6S4. The minimum absolute atomic E-state index is 0.00104. The Labute approximate surface area is 390 Å². The van der Waals surface area contributed by atoms with Gasteiger partial charge in [-0.25, -0.2) is 35.6 Å². The minimum Gasteiger partial charge on any atom is -0.406 e. The molecule has 2 saturated heterocycles. The van der Waals surface area contributed by atoms with Gasteiger partial charge in [-0.05, 0) is 84.9 Å². The maximum atomic E-state index is 13.6. The topological polar surface area (TPSA) is 125 Å². The number of alkyl halides is 6. The number of benzene rings is 4. The van der Waals surface area contributed by atoms with Gasteiger partial charge >= 0.3 is 12.7 Å². The van der Waals surface area contributed by atoms with Crippen LogP contribution < -0.4 is 19.3 Å². The van der Waals surface area contributed by atoms with Gasteiger partial charge in [0.1, 0.15) is 23.1 Å². The van der Waals surface area contributed by atoms with Crippen molar-refractivity contribution in [3.8, 4) is 34.0 Å². The van der Waals surface area contributed by atoms with Crippen molar-refractivity contribution in [3.05, 3.63) is 117 Å². The number of nitrogens with zero attached hydrogens (tertiary/aromatic N) is 6. The van der Waals surface area contributed by atoms with Crippen molar-refractivity contribution in [3.63, 3.8) is 0 Å². The van der Waals surface area contributed by atoms with Gasteiger partial charge in [-0.1, -0.05) is 23.2 Å². The van der Waals surface area contributed by atoms with E-state index >= 15 is 0 Å². The molecule has 26 heteroatoms. The number of aromatic nitrogens is 2. The van der Waals surface area contributed by atoms with E-state index in [1.165, 1.54) is 55.5 Å². The quantitative estimate of drug-likeness (QED) is 0.123. The van der Waals surface area contributed by atoms with Gasteiger partial charge in [0.25, 0.3) is 0 Å². The molecule has 6 aromatic rings. The summed E-state index contributed by atoms with van der Waals surface area (Å²) in [6, 6.07) is 16.7. The highest BCUT2D eigenvalue weighted by molar-refractivity contribution is 7.89. The minimum atomic E-state index is -4.85. The number of sulfonamides is 2. The Morgan fingerprint density at radius 3 is 1.36 bits per heavy atom. The number of thiazole rings is 2. The molecule has 0 aliphatic carbocycles. The second-order valence-electron chi connectivity index (χ2n) is 14.1. The fraction of sp³-hybridized carbons (Fsp3) is 0.250. The molecule has 0 unspecified atom stereocenters. The lowest BCUT2D eigenvalue weighted by atomic mass is 10.2. The predicted molar refractivity (Wildman–Crippen MR) is 233 cm³/mol. The van der Waals surface area contributed by atoms with Crippen molar-refractivity contribution >= 4 is 76.2 Å². The highest BCUT2D eigenvalue weighted by Gasteiger charge is 2.34. The maximum Gasteiger partial charge on any atom is 0.573 e. The molecule has 2 aliphatic rings. The van der Waals surface area contributed by atoms with E-state index in [1.807, 2.05) is 15.2 Å². The van der Waals surface area contributed by atoms with E-state index in [4.69, 9.17) is 23.2 Å². The monoisotopic (exact) mass is 1040 g/mol. The molecule has 4 heterocycles. The second kappa shape index (κ2) is 19.8.